The SMILES string of the molecule is CCS(=O)(=O)c1ccccc1C(=O)N(CCN(C)C)c1nc2c(C)cc(Cl)cc2s1.Cl. The van der Waals surface area contributed by atoms with Crippen LogP contribution in [0.5, 0.6) is 0 Å². The lowest BCUT2D eigenvalue weighted by Crippen LogP contribution is -2.37. The Morgan fingerprint density at radius 3 is 2.48 bits per heavy atom. The molecule has 168 valence electrons. The van der Waals surface area contributed by atoms with Crippen molar-refractivity contribution in [1.29, 1.82) is 0 Å². The molecule has 31 heavy (non-hydrogen) atoms. The summed E-state index contributed by atoms with van der Waals surface area (Å²) in [7, 11) is 0.284. The molecule has 0 aliphatic rings. The predicted molar refractivity (Wildman–Crippen MR) is 131 cm³/mol. The number of aromatic nitrogens is 1. The number of carbonyl (C=O) groups excluding carboxylic acids is 1. The number of benzene rings is 2. The molecule has 1 amide bonds. The molecule has 2 aromatic carbocycles. The minimum Gasteiger partial charge on any atom is -0.308 e. The molecule has 0 unspecified atom stereocenters. The van der Waals surface area contributed by atoms with Crippen molar-refractivity contribution in [2.45, 2.75) is 18.7 Å². The summed E-state index contributed by atoms with van der Waals surface area (Å²) < 4.78 is 26.0. The number of halogens is 2. The number of hydrogen-bond donors (Lipinski definition) is 0. The van der Waals surface area contributed by atoms with Crippen LogP contribution in [-0.4, -0.2) is 57.1 Å². The average Bonchev–Trinajstić information content (AvgIpc) is 3.11. The van der Waals surface area contributed by atoms with Gasteiger partial charge in [0.2, 0.25) is 0 Å². The smallest absolute Gasteiger partial charge is 0.261 e. The van der Waals surface area contributed by atoms with Crippen LogP contribution < -0.4 is 4.90 Å². The highest BCUT2D eigenvalue weighted by atomic mass is 35.5. The lowest BCUT2D eigenvalue weighted by atomic mass is 10.2. The van der Waals surface area contributed by atoms with E-state index in [1.807, 2.05) is 38.1 Å². The largest absolute Gasteiger partial charge is 0.308 e. The van der Waals surface area contributed by atoms with Crippen molar-refractivity contribution in [2.75, 3.05) is 37.8 Å². The molecule has 0 N–H and O–H groups in total. The molecular formula is C21H25Cl2N3O3S2. The molecule has 0 aliphatic heterocycles. The Hall–Kier alpha value is -1.71. The number of thiazole rings is 1. The summed E-state index contributed by atoms with van der Waals surface area (Å²) in [6, 6.07) is 10.0. The van der Waals surface area contributed by atoms with E-state index in [0.717, 1.165) is 15.8 Å². The van der Waals surface area contributed by atoms with E-state index in [0.29, 0.717) is 23.2 Å². The molecule has 6 nitrogen and oxygen atoms in total. The van der Waals surface area contributed by atoms with Gasteiger partial charge in [-0.05, 0) is 50.8 Å². The molecule has 0 aliphatic carbocycles. The number of sulfone groups is 1. The predicted octanol–water partition coefficient (Wildman–Crippen LogP) is 4.68. The van der Waals surface area contributed by atoms with Gasteiger partial charge < -0.3 is 4.90 Å². The molecule has 1 aromatic heterocycles. The van der Waals surface area contributed by atoms with Crippen LogP contribution in [0.1, 0.15) is 22.8 Å². The molecule has 0 bridgehead atoms. The summed E-state index contributed by atoms with van der Waals surface area (Å²) in [5.41, 5.74) is 1.87. The van der Waals surface area contributed by atoms with E-state index in [1.165, 1.54) is 17.4 Å². The quantitative estimate of drug-likeness (QED) is 0.469. The van der Waals surface area contributed by atoms with Crippen LogP contribution in [0.4, 0.5) is 5.13 Å². The standard InChI is InChI=1S/C21H24ClN3O3S2.ClH/c1-5-30(27,28)18-9-7-6-8-16(18)20(26)25(11-10-24(3)4)21-23-19-14(2)12-15(22)13-17(19)29-21;/h6-9,12-13H,5,10-11H2,1-4H3;1H. The van der Waals surface area contributed by atoms with Gasteiger partial charge in [0.25, 0.3) is 5.91 Å². The van der Waals surface area contributed by atoms with E-state index in [-0.39, 0.29) is 34.5 Å². The number of aryl methyl sites for hydroxylation is 1. The summed E-state index contributed by atoms with van der Waals surface area (Å²) in [6.45, 7) is 4.47. The second kappa shape index (κ2) is 10.3. The second-order valence-electron chi connectivity index (χ2n) is 7.23. The van der Waals surface area contributed by atoms with E-state index in [4.69, 9.17) is 11.6 Å². The van der Waals surface area contributed by atoms with Gasteiger partial charge in [-0.1, -0.05) is 42.0 Å². The summed E-state index contributed by atoms with van der Waals surface area (Å²) >= 11 is 7.55. The third-order valence-corrected chi connectivity index (χ3v) is 7.75. The first kappa shape index (κ1) is 25.5. The number of amides is 1. The first-order valence-electron chi connectivity index (χ1n) is 9.49. The van der Waals surface area contributed by atoms with Crippen molar-refractivity contribution < 1.29 is 13.2 Å². The van der Waals surface area contributed by atoms with Gasteiger partial charge in [-0.2, -0.15) is 0 Å². The molecule has 0 saturated carbocycles. The van der Waals surface area contributed by atoms with Gasteiger partial charge in [-0.25, -0.2) is 13.4 Å². The summed E-state index contributed by atoms with van der Waals surface area (Å²) in [5.74, 6) is -0.458. The molecule has 0 fully saturated rings. The van der Waals surface area contributed by atoms with Crippen molar-refractivity contribution in [3.05, 3.63) is 52.5 Å². The molecule has 0 saturated heterocycles. The number of rotatable bonds is 7. The third-order valence-electron chi connectivity index (χ3n) is 4.72. The molecule has 10 heteroatoms. The van der Waals surface area contributed by atoms with Crippen LogP contribution in [0.2, 0.25) is 5.02 Å². The Bertz CT molecular complexity index is 1190. The van der Waals surface area contributed by atoms with Gasteiger partial charge in [-0.3, -0.25) is 9.69 Å². The second-order valence-corrected chi connectivity index (χ2v) is 10.9. The number of fused-ring (bicyclic) bond motifs is 1. The van der Waals surface area contributed by atoms with Crippen molar-refractivity contribution in [1.82, 2.24) is 9.88 Å². The fraction of sp³-hybridized carbons (Fsp3) is 0.333. The van der Waals surface area contributed by atoms with Crippen molar-refractivity contribution in [3.63, 3.8) is 0 Å². The maximum atomic E-state index is 13.6. The van der Waals surface area contributed by atoms with E-state index in [1.54, 1.807) is 30.0 Å². The van der Waals surface area contributed by atoms with Crippen LogP contribution in [-0.2, 0) is 9.84 Å². The van der Waals surface area contributed by atoms with E-state index >= 15 is 0 Å². The number of nitrogens with zero attached hydrogens (tertiary/aromatic N) is 3. The number of hydrogen-bond acceptors (Lipinski definition) is 6. The minimum absolute atomic E-state index is 0. The molecule has 0 spiro atoms. The highest BCUT2D eigenvalue weighted by Crippen LogP contribution is 2.34. The number of anilines is 1. The highest BCUT2D eigenvalue weighted by Gasteiger charge is 2.27. The Kier molecular flexibility index (Phi) is 8.47. The van der Waals surface area contributed by atoms with Crippen LogP contribution >= 0.6 is 35.3 Å². The lowest BCUT2D eigenvalue weighted by Gasteiger charge is -2.23. The maximum Gasteiger partial charge on any atom is 0.261 e. The van der Waals surface area contributed by atoms with E-state index < -0.39 is 9.84 Å². The molecule has 3 rings (SSSR count). The van der Waals surface area contributed by atoms with Gasteiger partial charge in [0.05, 0.1) is 26.4 Å². The van der Waals surface area contributed by atoms with Crippen molar-refractivity contribution in [3.8, 4) is 0 Å². The van der Waals surface area contributed by atoms with Gasteiger partial charge in [-0.15, -0.1) is 12.4 Å². The van der Waals surface area contributed by atoms with Crippen molar-refractivity contribution in [2.24, 2.45) is 0 Å². The summed E-state index contributed by atoms with van der Waals surface area (Å²) in [4.78, 5) is 21.8. The van der Waals surface area contributed by atoms with Crippen LogP contribution in [0.25, 0.3) is 10.2 Å². The van der Waals surface area contributed by atoms with Gasteiger partial charge in [0.15, 0.2) is 15.0 Å². The normalized spacial score (nSPS) is 11.5. The minimum atomic E-state index is -3.55. The molecule has 1 heterocycles. The lowest BCUT2D eigenvalue weighted by molar-refractivity contribution is 0.0982. The molecular weight excluding hydrogens is 477 g/mol. The van der Waals surface area contributed by atoms with Crippen molar-refractivity contribution >= 4 is 66.4 Å². The van der Waals surface area contributed by atoms with E-state index in [2.05, 4.69) is 4.98 Å². The average molecular weight is 502 g/mol. The fourth-order valence-electron chi connectivity index (χ4n) is 3.06. The zero-order valence-electron chi connectivity index (χ0n) is 17.8. The zero-order valence-corrected chi connectivity index (χ0v) is 21.0. The summed E-state index contributed by atoms with van der Waals surface area (Å²) in [6.07, 6.45) is 0. The monoisotopic (exact) mass is 501 g/mol. The topological polar surface area (TPSA) is 70.6 Å². The Morgan fingerprint density at radius 2 is 1.84 bits per heavy atom. The van der Waals surface area contributed by atoms with Crippen LogP contribution in [0.15, 0.2) is 41.3 Å². The van der Waals surface area contributed by atoms with E-state index in [9.17, 15) is 13.2 Å². The fourth-order valence-corrected chi connectivity index (χ4v) is 5.59. The molecule has 3 aromatic rings. The Balaban J connectivity index is 0.00000341. The highest BCUT2D eigenvalue weighted by molar-refractivity contribution is 7.91. The maximum absolute atomic E-state index is 13.6. The van der Waals surface area contributed by atoms with Crippen LogP contribution in [0.3, 0.4) is 0 Å². The first-order chi connectivity index (χ1) is 14.1. The third kappa shape index (κ3) is 5.56. The Labute approximate surface area is 198 Å². The van der Waals surface area contributed by atoms with Gasteiger partial charge in [0, 0.05) is 18.1 Å². The first-order valence-corrected chi connectivity index (χ1v) is 12.3. The number of likely N-dealkylation sites (N-methyl/N-ethyl adjacent to an activating group) is 1. The number of carbonyl (C=O) groups is 1. The zero-order chi connectivity index (χ0) is 22.1. The van der Waals surface area contributed by atoms with Gasteiger partial charge in [0.1, 0.15) is 0 Å². The summed E-state index contributed by atoms with van der Waals surface area (Å²) in [5, 5.41) is 1.13. The Morgan fingerprint density at radius 1 is 1.16 bits per heavy atom. The van der Waals surface area contributed by atoms with Gasteiger partial charge >= 0.3 is 0 Å². The van der Waals surface area contributed by atoms with Crippen LogP contribution in [0, 0.1) is 6.92 Å². The molecule has 0 atom stereocenters. The molecule has 0 radical (unpaired) electrons.